The lowest BCUT2D eigenvalue weighted by Gasteiger charge is -2.14. The molecule has 0 bridgehead atoms. The Bertz CT molecular complexity index is 383. The van der Waals surface area contributed by atoms with Crippen LogP contribution in [0, 0.1) is 0 Å². The van der Waals surface area contributed by atoms with E-state index in [9.17, 15) is 0 Å². The molecule has 18 heavy (non-hydrogen) atoms. The topological polar surface area (TPSA) is 18.5 Å². The highest BCUT2D eigenvalue weighted by Crippen LogP contribution is 2.24. The molecule has 0 saturated heterocycles. The Morgan fingerprint density at radius 2 is 1.83 bits per heavy atom. The van der Waals surface area contributed by atoms with Crippen molar-refractivity contribution in [2.24, 2.45) is 0 Å². The largest absolute Gasteiger partial charge is 0.372 e. The highest BCUT2D eigenvalue weighted by molar-refractivity contribution is 5.17. The summed E-state index contributed by atoms with van der Waals surface area (Å²) in [6.45, 7) is 5.67. The second-order valence-corrected chi connectivity index (χ2v) is 4.70. The van der Waals surface area contributed by atoms with Crippen LogP contribution in [0.2, 0.25) is 0 Å². The fourth-order valence-electron chi connectivity index (χ4n) is 2.26. The van der Waals surface area contributed by atoms with Gasteiger partial charge in [-0.05, 0) is 24.0 Å². The molecule has 98 valence electrons. The van der Waals surface area contributed by atoms with E-state index in [1.807, 2.05) is 18.2 Å². The average Bonchev–Trinajstić information content (AvgIpc) is 2.82. The smallest absolute Gasteiger partial charge is 0.0813 e. The molecule has 0 amide bonds. The molecule has 0 spiro atoms. The Kier molecular flexibility index (Phi) is 4.97. The standard InChI is InChI=1S/C16H22O2/c1-3-15-10-14(16(4-2)18-15)12-17-11-13-8-6-5-7-9-13/h5-10,15-16H,3-4,11-12H2,1-2H3. The predicted octanol–water partition coefficient (Wildman–Crippen LogP) is 3.72. The first-order chi connectivity index (χ1) is 8.83. The highest BCUT2D eigenvalue weighted by Gasteiger charge is 2.24. The molecule has 0 saturated carbocycles. The van der Waals surface area contributed by atoms with Crippen LogP contribution in [0.15, 0.2) is 42.0 Å². The summed E-state index contributed by atoms with van der Waals surface area (Å²) in [7, 11) is 0. The fourth-order valence-corrected chi connectivity index (χ4v) is 2.26. The van der Waals surface area contributed by atoms with Gasteiger partial charge in [-0.2, -0.15) is 0 Å². The molecule has 0 aromatic heterocycles. The van der Waals surface area contributed by atoms with E-state index in [1.165, 1.54) is 11.1 Å². The molecule has 1 aliphatic rings. The molecular weight excluding hydrogens is 224 g/mol. The summed E-state index contributed by atoms with van der Waals surface area (Å²) >= 11 is 0. The Morgan fingerprint density at radius 3 is 2.50 bits per heavy atom. The summed E-state index contributed by atoms with van der Waals surface area (Å²) in [6.07, 6.45) is 4.84. The van der Waals surface area contributed by atoms with Gasteiger partial charge >= 0.3 is 0 Å². The Hall–Kier alpha value is -1.12. The van der Waals surface area contributed by atoms with Crippen molar-refractivity contribution in [2.45, 2.75) is 45.5 Å². The average molecular weight is 246 g/mol. The zero-order chi connectivity index (χ0) is 12.8. The van der Waals surface area contributed by atoms with Crippen molar-refractivity contribution in [3.8, 4) is 0 Å². The van der Waals surface area contributed by atoms with E-state index in [0.717, 1.165) is 12.8 Å². The van der Waals surface area contributed by atoms with E-state index in [0.29, 0.717) is 13.2 Å². The third-order valence-corrected chi connectivity index (χ3v) is 3.31. The minimum atomic E-state index is 0.255. The van der Waals surface area contributed by atoms with Crippen LogP contribution >= 0.6 is 0 Å². The summed E-state index contributed by atoms with van der Waals surface area (Å²) in [6, 6.07) is 10.3. The van der Waals surface area contributed by atoms with E-state index in [-0.39, 0.29) is 12.2 Å². The molecule has 2 heteroatoms. The minimum Gasteiger partial charge on any atom is -0.372 e. The number of rotatable bonds is 6. The van der Waals surface area contributed by atoms with Crippen molar-refractivity contribution in [2.75, 3.05) is 6.61 Å². The van der Waals surface area contributed by atoms with Gasteiger partial charge in [0.05, 0.1) is 25.4 Å². The Balaban J connectivity index is 1.82. The van der Waals surface area contributed by atoms with Crippen LogP contribution in [0.5, 0.6) is 0 Å². The SMILES string of the molecule is CCC1C=C(COCc2ccccc2)C(CC)O1. The molecule has 2 atom stereocenters. The first-order valence-electron chi connectivity index (χ1n) is 6.81. The molecule has 0 radical (unpaired) electrons. The third-order valence-electron chi connectivity index (χ3n) is 3.31. The maximum absolute atomic E-state index is 5.90. The zero-order valence-corrected chi connectivity index (χ0v) is 11.3. The molecule has 2 nitrogen and oxygen atoms in total. The Morgan fingerprint density at radius 1 is 1.06 bits per heavy atom. The lowest BCUT2D eigenvalue weighted by Crippen LogP contribution is -2.15. The lowest BCUT2D eigenvalue weighted by molar-refractivity contribution is 0.0427. The van der Waals surface area contributed by atoms with Gasteiger partial charge < -0.3 is 9.47 Å². The summed E-state index contributed by atoms with van der Waals surface area (Å²) in [5, 5.41) is 0. The fraction of sp³-hybridized carbons (Fsp3) is 0.500. The van der Waals surface area contributed by atoms with Crippen molar-refractivity contribution in [3.05, 3.63) is 47.5 Å². The summed E-state index contributed by atoms with van der Waals surface area (Å²) in [4.78, 5) is 0. The van der Waals surface area contributed by atoms with Gasteiger partial charge in [0.15, 0.2) is 0 Å². The van der Waals surface area contributed by atoms with E-state index < -0.39 is 0 Å². The maximum atomic E-state index is 5.90. The lowest BCUT2D eigenvalue weighted by atomic mass is 10.1. The maximum Gasteiger partial charge on any atom is 0.0813 e. The third kappa shape index (κ3) is 3.44. The van der Waals surface area contributed by atoms with Gasteiger partial charge in [-0.1, -0.05) is 50.3 Å². The highest BCUT2D eigenvalue weighted by atomic mass is 16.5. The number of hydrogen-bond acceptors (Lipinski definition) is 2. The predicted molar refractivity (Wildman–Crippen MR) is 73.4 cm³/mol. The van der Waals surface area contributed by atoms with Crippen molar-refractivity contribution in [1.82, 2.24) is 0 Å². The van der Waals surface area contributed by atoms with Gasteiger partial charge in [0.1, 0.15) is 0 Å². The van der Waals surface area contributed by atoms with Gasteiger partial charge in [-0.15, -0.1) is 0 Å². The van der Waals surface area contributed by atoms with E-state index in [4.69, 9.17) is 9.47 Å². The molecule has 0 fully saturated rings. The van der Waals surface area contributed by atoms with Crippen LogP contribution in [0.4, 0.5) is 0 Å². The second kappa shape index (κ2) is 6.72. The molecule has 2 rings (SSSR count). The van der Waals surface area contributed by atoms with Gasteiger partial charge in [0, 0.05) is 0 Å². The molecule has 1 aliphatic heterocycles. The van der Waals surface area contributed by atoms with Crippen LogP contribution in [0.25, 0.3) is 0 Å². The van der Waals surface area contributed by atoms with Crippen molar-refractivity contribution in [1.29, 1.82) is 0 Å². The van der Waals surface area contributed by atoms with Gasteiger partial charge in [0.25, 0.3) is 0 Å². The van der Waals surface area contributed by atoms with Gasteiger partial charge in [-0.25, -0.2) is 0 Å². The van der Waals surface area contributed by atoms with Crippen LogP contribution in [-0.4, -0.2) is 18.8 Å². The first-order valence-corrected chi connectivity index (χ1v) is 6.81. The molecule has 1 aromatic rings. The number of hydrogen-bond donors (Lipinski definition) is 0. The van der Waals surface area contributed by atoms with E-state index in [1.54, 1.807) is 0 Å². The quantitative estimate of drug-likeness (QED) is 0.712. The molecule has 0 N–H and O–H groups in total. The number of ether oxygens (including phenoxy) is 2. The minimum absolute atomic E-state index is 0.255. The number of benzene rings is 1. The van der Waals surface area contributed by atoms with Gasteiger partial charge in [-0.3, -0.25) is 0 Å². The summed E-state index contributed by atoms with van der Waals surface area (Å²) in [5.74, 6) is 0. The van der Waals surface area contributed by atoms with Crippen LogP contribution in [-0.2, 0) is 16.1 Å². The molecule has 1 heterocycles. The first kappa shape index (κ1) is 13.3. The molecular formula is C16H22O2. The van der Waals surface area contributed by atoms with Crippen molar-refractivity contribution < 1.29 is 9.47 Å². The van der Waals surface area contributed by atoms with Crippen molar-refractivity contribution in [3.63, 3.8) is 0 Å². The normalized spacial score (nSPS) is 23.1. The van der Waals surface area contributed by atoms with Crippen molar-refractivity contribution >= 4 is 0 Å². The molecule has 1 aromatic carbocycles. The van der Waals surface area contributed by atoms with E-state index >= 15 is 0 Å². The molecule has 0 aliphatic carbocycles. The van der Waals surface area contributed by atoms with Crippen LogP contribution in [0.3, 0.4) is 0 Å². The molecule has 2 unspecified atom stereocenters. The van der Waals surface area contributed by atoms with E-state index in [2.05, 4.69) is 32.1 Å². The van der Waals surface area contributed by atoms with Crippen LogP contribution in [0.1, 0.15) is 32.3 Å². The van der Waals surface area contributed by atoms with Gasteiger partial charge in [0.2, 0.25) is 0 Å². The zero-order valence-electron chi connectivity index (χ0n) is 11.3. The summed E-state index contributed by atoms with van der Waals surface area (Å²) < 4.78 is 11.7. The summed E-state index contributed by atoms with van der Waals surface area (Å²) in [5.41, 5.74) is 2.53. The monoisotopic (exact) mass is 246 g/mol. The Labute approximate surface area is 110 Å². The second-order valence-electron chi connectivity index (χ2n) is 4.70. The van der Waals surface area contributed by atoms with Crippen LogP contribution < -0.4 is 0 Å².